The largest absolute Gasteiger partial charge is 0.494 e. The fourth-order valence-corrected chi connectivity index (χ4v) is 3.39. The van der Waals surface area contributed by atoms with Crippen molar-refractivity contribution in [2.75, 3.05) is 6.61 Å². The van der Waals surface area contributed by atoms with E-state index in [2.05, 4.69) is 20.8 Å². The molecule has 6 heteroatoms. The van der Waals surface area contributed by atoms with Gasteiger partial charge in [-0.1, -0.05) is 0 Å². The molecule has 0 bridgehead atoms. The number of nitrogens with zero attached hydrogens (tertiary/aromatic N) is 1. The van der Waals surface area contributed by atoms with E-state index in [1.807, 2.05) is 6.07 Å². The Bertz CT molecular complexity index is 774. The minimum absolute atomic E-state index is 0.0464. The Kier molecular flexibility index (Phi) is 7.59. The number of carbonyl (C=O) groups is 1. The quantitative estimate of drug-likeness (QED) is 0.300. The van der Waals surface area contributed by atoms with E-state index in [-0.39, 0.29) is 5.60 Å². The van der Waals surface area contributed by atoms with Gasteiger partial charge in [-0.25, -0.2) is 4.79 Å². The molecule has 0 aliphatic carbocycles. The van der Waals surface area contributed by atoms with Crippen molar-refractivity contribution in [3.8, 4) is 17.6 Å². The number of benzene rings is 2. The van der Waals surface area contributed by atoms with Crippen LogP contribution in [0.5, 0.6) is 11.5 Å². The summed E-state index contributed by atoms with van der Waals surface area (Å²) in [6.07, 6.45) is 0.963. The maximum Gasteiger partial charge on any atom is 0.343 e. The second-order valence-corrected chi connectivity index (χ2v) is 8.47. The molecular formula is C21H25NO4Si. The van der Waals surface area contributed by atoms with E-state index >= 15 is 0 Å². The number of rotatable bonds is 8. The second-order valence-electron chi connectivity index (χ2n) is 7.07. The van der Waals surface area contributed by atoms with Gasteiger partial charge in [-0.2, -0.15) is 5.26 Å². The minimum atomic E-state index is -0.502. The highest BCUT2D eigenvalue weighted by Gasteiger charge is 2.10. The van der Waals surface area contributed by atoms with Crippen LogP contribution in [0.3, 0.4) is 0 Å². The summed E-state index contributed by atoms with van der Waals surface area (Å²) in [5, 5.41) is 8.78. The Hall–Kier alpha value is -2.62. The van der Waals surface area contributed by atoms with E-state index in [0.717, 1.165) is 18.2 Å². The lowest BCUT2D eigenvalue weighted by atomic mass is 10.2. The number of carbonyl (C=O) groups excluding carboxylic acids is 1. The first-order valence-electron chi connectivity index (χ1n) is 8.96. The standard InChI is InChI=1S/C21H25NO4Si/c1-21(2,3)26-27-14-4-13-24-18-11-7-17(8-12-18)20(23)25-19-9-5-16(15-22)6-10-19/h5-12H,4,13-14,27H2,1-3H3. The van der Waals surface area contributed by atoms with E-state index in [9.17, 15) is 4.79 Å². The van der Waals surface area contributed by atoms with E-state index < -0.39 is 15.7 Å². The molecule has 0 aromatic heterocycles. The fraction of sp³-hybridized carbons (Fsp3) is 0.333. The average Bonchev–Trinajstić information content (AvgIpc) is 2.65. The third-order valence-electron chi connectivity index (χ3n) is 3.63. The van der Waals surface area contributed by atoms with E-state index in [1.54, 1.807) is 48.5 Å². The topological polar surface area (TPSA) is 68.6 Å². The zero-order valence-corrected chi connectivity index (χ0v) is 17.4. The molecule has 0 saturated heterocycles. The summed E-state index contributed by atoms with van der Waals surface area (Å²) >= 11 is 0. The summed E-state index contributed by atoms with van der Waals surface area (Å²) in [6.45, 7) is 6.86. The van der Waals surface area contributed by atoms with E-state index in [1.165, 1.54) is 0 Å². The lowest BCUT2D eigenvalue weighted by molar-refractivity contribution is 0.0734. The highest BCUT2D eigenvalue weighted by atomic mass is 28.2. The Morgan fingerprint density at radius 3 is 2.26 bits per heavy atom. The molecule has 5 nitrogen and oxygen atoms in total. The van der Waals surface area contributed by atoms with Crippen LogP contribution in [-0.2, 0) is 4.43 Å². The van der Waals surface area contributed by atoms with Crippen molar-refractivity contribution >= 4 is 15.7 Å². The predicted octanol–water partition coefficient (Wildman–Crippen LogP) is 3.86. The number of hydrogen-bond acceptors (Lipinski definition) is 5. The normalized spacial score (nSPS) is 11.3. The van der Waals surface area contributed by atoms with E-state index in [0.29, 0.717) is 23.5 Å². The van der Waals surface area contributed by atoms with Gasteiger partial charge in [0, 0.05) is 5.60 Å². The monoisotopic (exact) mass is 383 g/mol. The van der Waals surface area contributed by atoms with Gasteiger partial charge in [-0.3, -0.25) is 0 Å². The molecule has 142 valence electrons. The maximum absolute atomic E-state index is 12.2. The Labute approximate surface area is 162 Å². The molecule has 0 spiro atoms. The summed E-state index contributed by atoms with van der Waals surface area (Å²) in [5.74, 6) is 0.681. The lowest BCUT2D eigenvalue weighted by Crippen LogP contribution is -2.21. The zero-order chi connectivity index (χ0) is 19.7. The van der Waals surface area contributed by atoms with Crippen LogP contribution in [-0.4, -0.2) is 27.9 Å². The molecule has 0 N–H and O–H groups in total. The van der Waals surface area contributed by atoms with Crippen LogP contribution in [0.4, 0.5) is 0 Å². The molecule has 0 unspecified atom stereocenters. The van der Waals surface area contributed by atoms with Crippen molar-refractivity contribution in [2.45, 2.75) is 38.8 Å². The van der Waals surface area contributed by atoms with Crippen molar-refractivity contribution < 1.29 is 18.7 Å². The number of hydrogen-bond donors (Lipinski definition) is 0. The first-order valence-corrected chi connectivity index (χ1v) is 10.5. The van der Waals surface area contributed by atoms with Crippen LogP contribution in [0.1, 0.15) is 43.1 Å². The summed E-state index contributed by atoms with van der Waals surface area (Å²) in [6, 6.07) is 16.4. The molecule has 0 atom stereocenters. The minimum Gasteiger partial charge on any atom is -0.494 e. The van der Waals surface area contributed by atoms with Crippen LogP contribution in [0, 0.1) is 11.3 Å². The Morgan fingerprint density at radius 1 is 1.04 bits per heavy atom. The van der Waals surface area contributed by atoms with Crippen LogP contribution >= 0.6 is 0 Å². The molecule has 0 amide bonds. The molecule has 0 aliphatic rings. The molecule has 0 aliphatic heterocycles. The maximum atomic E-state index is 12.2. The van der Waals surface area contributed by atoms with Crippen molar-refractivity contribution in [1.29, 1.82) is 5.26 Å². The zero-order valence-electron chi connectivity index (χ0n) is 16.0. The molecule has 0 heterocycles. The summed E-state index contributed by atoms with van der Waals surface area (Å²) in [7, 11) is -0.502. The third kappa shape index (κ3) is 7.65. The first kappa shape index (κ1) is 20.7. The van der Waals surface area contributed by atoms with Gasteiger partial charge in [0.25, 0.3) is 0 Å². The summed E-state index contributed by atoms with van der Waals surface area (Å²) in [5.41, 5.74) is 0.913. The second kappa shape index (κ2) is 9.90. The van der Waals surface area contributed by atoms with Gasteiger partial charge in [-0.15, -0.1) is 0 Å². The van der Waals surface area contributed by atoms with Crippen LogP contribution in [0.25, 0.3) is 0 Å². The van der Waals surface area contributed by atoms with Crippen molar-refractivity contribution in [1.82, 2.24) is 0 Å². The van der Waals surface area contributed by atoms with Gasteiger partial charge >= 0.3 is 5.97 Å². The summed E-state index contributed by atoms with van der Waals surface area (Å²) < 4.78 is 16.8. The SMILES string of the molecule is CC(C)(C)O[SiH2]CCCOc1ccc(C(=O)Oc2ccc(C#N)cc2)cc1. The molecule has 27 heavy (non-hydrogen) atoms. The predicted molar refractivity (Wildman–Crippen MR) is 107 cm³/mol. The highest BCUT2D eigenvalue weighted by Crippen LogP contribution is 2.17. The van der Waals surface area contributed by atoms with E-state index in [4.69, 9.17) is 19.2 Å². The molecule has 2 rings (SSSR count). The number of ether oxygens (including phenoxy) is 2. The molecule has 0 fully saturated rings. The lowest BCUT2D eigenvalue weighted by Gasteiger charge is -2.19. The Morgan fingerprint density at radius 2 is 1.67 bits per heavy atom. The van der Waals surface area contributed by atoms with Crippen molar-refractivity contribution in [3.63, 3.8) is 0 Å². The van der Waals surface area contributed by atoms with Crippen LogP contribution in [0.2, 0.25) is 6.04 Å². The summed E-state index contributed by atoms with van der Waals surface area (Å²) in [4.78, 5) is 12.2. The van der Waals surface area contributed by atoms with Crippen molar-refractivity contribution in [3.05, 3.63) is 59.7 Å². The molecule has 2 aromatic carbocycles. The molecule has 2 aromatic rings. The van der Waals surface area contributed by atoms with Gasteiger partial charge in [0.2, 0.25) is 0 Å². The Balaban J connectivity index is 1.75. The van der Waals surface area contributed by atoms with Gasteiger partial charge in [0.05, 0.1) is 23.8 Å². The van der Waals surface area contributed by atoms with Crippen LogP contribution < -0.4 is 9.47 Å². The highest BCUT2D eigenvalue weighted by molar-refractivity contribution is 6.27. The fourth-order valence-electron chi connectivity index (χ4n) is 2.22. The molecule has 0 radical (unpaired) electrons. The molecular weight excluding hydrogens is 358 g/mol. The number of esters is 1. The van der Waals surface area contributed by atoms with Crippen LogP contribution in [0.15, 0.2) is 48.5 Å². The first-order chi connectivity index (χ1) is 12.9. The number of nitriles is 1. The third-order valence-corrected chi connectivity index (χ3v) is 5.49. The average molecular weight is 384 g/mol. The van der Waals surface area contributed by atoms with Gasteiger partial charge in [0.15, 0.2) is 9.76 Å². The smallest absolute Gasteiger partial charge is 0.343 e. The van der Waals surface area contributed by atoms with Gasteiger partial charge < -0.3 is 13.9 Å². The molecule has 0 saturated carbocycles. The van der Waals surface area contributed by atoms with Gasteiger partial charge in [-0.05, 0) is 81.8 Å². The van der Waals surface area contributed by atoms with Gasteiger partial charge in [0.1, 0.15) is 11.5 Å². The van der Waals surface area contributed by atoms with Crippen molar-refractivity contribution in [2.24, 2.45) is 0 Å².